The molecule has 2 aliphatic heterocycles. The minimum Gasteiger partial charge on any atom is -0.462 e. The van der Waals surface area contributed by atoms with Gasteiger partial charge in [0, 0.05) is 43.3 Å². The van der Waals surface area contributed by atoms with Crippen molar-refractivity contribution < 1.29 is 23.5 Å². The summed E-state index contributed by atoms with van der Waals surface area (Å²) in [5, 5.41) is 4.00. The van der Waals surface area contributed by atoms with E-state index in [1.54, 1.807) is 30.9 Å². The number of nitrogens with one attached hydrogen (secondary N) is 1. The van der Waals surface area contributed by atoms with Gasteiger partial charge in [0.05, 0.1) is 28.3 Å². The molecular formula is C28H32Cl2FN3O4. The zero-order valence-electron chi connectivity index (χ0n) is 21.6. The Labute approximate surface area is 232 Å². The first kappa shape index (κ1) is 28.3. The molecule has 2 fully saturated rings. The normalized spacial score (nSPS) is 17.3. The number of amides is 2. The van der Waals surface area contributed by atoms with Crippen LogP contribution in [0.2, 0.25) is 10.0 Å². The van der Waals surface area contributed by atoms with E-state index >= 15 is 0 Å². The molecule has 2 aromatic carbocycles. The van der Waals surface area contributed by atoms with Crippen LogP contribution in [0.3, 0.4) is 0 Å². The highest BCUT2D eigenvalue weighted by atomic mass is 35.5. The van der Waals surface area contributed by atoms with Crippen molar-refractivity contribution in [2.45, 2.75) is 51.6 Å². The van der Waals surface area contributed by atoms with Crippen molar-refractivity contribution in [3.8, 4) is 0 Å². The largest absolute Gasteiger partial charge is 0.462 e. The number of likely N-dealkylation sites (tertiary alicyclic amines) is 2. The molecule has 2 saturated heterocycles. The van der Waals surface area contributed by atoms with Crippen LogP contribution in [0.4, 0.5) is 4.39 Å². The molecule has 0 atom stereocenters. The zero-order valence-corrected chi connectivity index (χ0v) is 23.1. The van der Waals surface area contributed by atoms with Gasteiger partial charge in [0.15, 0.2) is 0 Å². The summed E-state index contributed by atoms with van der Waals surface area (Å²) in [6.45, 7) is 6.27. The van der Waals surface area contributed by atoms with Crippen LogP contribution >= 0.6 is 23.2 Å². The van der Waals surface area contributed by atoms with Crippen molar-refractivity contribution in [1.29, 1.82) is 0 Å². The van der Waals surface area contributed by atoms with E-state index < -0.39 is 17.7 Å². The van der Waals surface area contributed by atoms with E-state index in [1.807, 2.05) is 0 Å². The van der Waals surface area contributed by atoms with Crippen molar-refractivity contribution in [2.24, 2.45) is 0 Å². The van der Waals surface area contributed by atoms with Gasteiger partial charge in [-0.25, -0.2) is 9.18 Å². The van der Waals surface area contributed by atoms with Gasteiger partial charge in [-0.05, 0) is 69.4 Å². The lowest BCUT2D eigenvalue weighted by atomic mass is 9.97. The highest BCUT2D eigenvalue weighted by Gasteiger charge is 2.32. The Balaban J connectivity index is 1.27. The van der Waals surface area contributed by atoms with E-state index in [0.29, 0.717) is 40.3 Å². The van der Waals surface area contributed by atoms with Crippen LogP contribution < -0.4 is 5.32 Å². The number of carbonyl (C=O) groups excluding carboxylic acids is 3. The fourth-order valence-corrected chi connectivity index (χ4v) is 5.63. The summed E-state index contributed by atoms with van der Waals surface area (Å²) in [7, 11) is 0. The smallest absolute Gasteiger partial charge is 0.341 e. The van der Waals surface area contributed by atoms with E-state index in [-0.39, 0.29) is 29.7 Å². The number of hydrogen-bond donors (Lipinski definition) is 1. The number of piperidine rings is 2. The number of nitrogens with zero attached hydrogens (tertiary/aromatic N) is 2. The molecule has 7 nitrogen and oxygen atoms in total. The van der Waals surface area contributed by atoms with Crippen LogP contribution in [0.5, 0.6) is 0 Å². The molecular weight excluding hydrogens is 532 g/mol. The average molecular weight is 564 g/mol. The average Bonchev–Trinajstić information content (AvgIpc) is 2.92. The summed E-state index contributed by atoms with van der Waals surface area (Å²) in [6, 6.07) is 7.94. The molecule has 0 unspecified atom stereocenters. The van der Waals surface area contributed by atoms with Gasteiger partial charge in [0.2, 0.25) is 0 Å². The summed E-state index contributed by atoms with van der Waals surface area (Å²) < 4.78 is 19.8. The first-order chi connectivity index (χ1) is 18.2. The summed E-state index contributed by atoms with van der Waals surface area (Å²) in [4.78, 5) is 41.9. The highest BCUT2D eigenvalue weighted by molar-refractivity contribution is 6.38. The number of benzene rings is 2. The number of ether oxygens (including phenoxy) is 1. The molecule has 2 aromatic rings. The molecule has 0 bridgehead atoms. The predicted octanol–water partition coefficient (Wildman–Crippen LogP) is 5.12. The minimum absolute atomic E-state index is 0.0575. The Morgan fingerprint density at radius 2 is 1.63 bits per heavy atom. The Kier molecular flexibility index (Phi) is 9.28. The molecule has 2 amide bonds. The predicted molar refractivity (Wildman–Crippen MR) is 145 cm³/mol. The molecule has 38 heavy (non-hydrogen) atoms. The lowest BCUT2D eigenvalue weighted by Gasteiger charge is -2.42. The molecule has 0 spiro atoms. The topological polar surface area (TPSA) is 79.0 Å². The van der Waals surface area contributed by atoms with Gasteiger partial charge in [-0.2, -0.15) is 0 Å². The van der Waals surface area contributed by atoms with Gasteiger partial charge in [-0.15, -0.1) is 0 Å². The minimum atomic E-state index is -0.836. The quantitative estimate of drug-likeness (QED) is 0.493. The van der Waals surface area contributed by atoms with Crippen LogP contribution in [-0.2, 0) is 4.74 Å². The third kappa shape index (κ3) is 6.14. The fraction of sp³-hybridized carbons (Fsp3) is 0.464. The monoisotopic (exact) mass is 563 g/mol. The molecule has 0 aliphatic carbocycles. The lowest BCUT2D eigenvalue weighted by Crippen LogP contribution is -2.51. The van der Waals surface area contributed by atoms with Gasteiger partial charge in [-0.1, -0.05) is 29.3 Å². The van der Waals surface area contributed by atoms with Crippen LogP contribution in [0.15, 0.2) is 30.3 Å². The van der Waals surface area contributed by atoms with E-state index in [4.69, 9.17) is 27.9 Å². The van der Waals surface area contributed by atoms with Crippen LogP contribution in [0, 0.1) is 12.7 Å². The fourth-order valence-electron chi connectivity index (χ4n) is 5.18. The van der Waals surface area contributed by atoms with E-state index in [9.17, 15) is 18.8 Å². The second kappa shape index (κ2) is 12.5. The molecule has 0 saturated carbocycles. The molecule has 4 rings (SSSR count). The second-order valence-electron chi connectivity index (χ2n) is 9.73. The summed E-state index contributed by atoms with van der Waals surface area (Å²) in [5.74, 6) is -2.22. The zero-order chi connectivity index (χ0) is 27.4. The Morgan fingerprint density at radius 3 is 2.29 bits per heavy atom. The van der Waals surface area contributed by atoms with Crippen molar-refractivity contribution in [3.05, 3.63) is 68.4 Å². The number of halogens is 3. The van der Waals surface area contributed by atoms with Gasteiger partial charge in [0.1, 0.15) is 5.82 Å². The van der Waals surface area contributed by atoms with E-state index in [1.165, 1.54) is 18.2 Å². The summed E-state index contributed by atoms with van der Waals surface area (Å²) >= 11 is 12.4. The molecule has 2 heterocycles. The van der Waals surface area contributed by atoms with Crippen molar-refractivity contribution in [2.75, 3.05) is 32.8 Å². The maximum atomic E-state index is 14.9. The molecule has 0 aromatic heterocycles. The lowest BCUT2D eigenvalue weighted by molar-refractivity contribution is 0.0520. The number of carbonyl (C=O) groups is 3. The van der Waals surface area contributed by atoms with Crippen molar-refractivity contribution in [1.82, 2.24) is 15.1 Å². The third-order valence-corrected chi connectivity index (χ3v) is 8.32. The first-order valence-corrected chi connectivity index (χ1v) is 13.7. The SMILES string of the molecule is CCOC(=O)c1cccc(C(=O)N2CCC(N3CCC(NC(=O)c4ccc(Cl)c(C)c4Cl)CC3)CC2)c1F. The van der Waals surface area contributed by atoms with Crippen LogP contribution in [-0.4, -0.2) is 72.5 Å². The number of rotatable bonds is 6. The van der Waals surface area contributed by atoms with Crippen molar-refractivity contribution >= 4 is 41.0 Å². The maximum Gasteiger partial charge on any atom is 0.341 e. The Morgan fingerprint density at radius 1 is 0.974 bits per heavy atom. The molecule has 10 heteroatoms. The van der Waals surface area contributed by atoms with E-state index in [2.05, 4.69) is 10.2 Å². The molecule has 1 N–H and O–H groups in total. The Bertz CT molecular complexity index is 1210. The summed E-state index contributed by atoms with van der Waals surface area (Å²) in [5.41, 5.74) is 0.782. The van der Waals surface area contributed by atoms with Gasteiger partial charge < -0.3 is 19.9 Å². The highest BCUT2D eigenvalue weighted by Crippen LogP contribution is 2.28. The molecule has 2 aliphatic rings. The van der Waals surface area contributed by atoms with Gasteiger partial charge in [-0.3, -0.25) is 9.59 Å². The number of esters is 1. The molecule has 0 radical (unpaired) electrons. The van der Waals surface area contributed by atoms with Crippen LogP contribution in [0.1, 0.15) is 69.2 Å². The van der Waals surface area contributed by atoms with Gasteiger partial charge in [0.25, 0.3) is 11.8 Å². The molecule has 204 valence electrons. The first-order valence-electron chi connectivity index (χ1n) is 13.0. The second-order valence-corrected chi connectivity index (χ2v) is 10.5. The number of hydrogen-bond acceptors (Lipinski definition) is 5. The third-order valence-electron chi connectivity index (χ3n) is 7.42. The van der Waals surface area contributed by atoms with E-state index in [0.717, 1.165) is 38.8 Å². The van der Waals surface area contributed by atoms with Crippen molar-refractivity contribution in [3.63, 3.8) is 0 Å². The maximum absolute atomic E-state index is 14.9. The Hall–Kier alpha value is -2.68. The summed E-state index contributed by atoms with van der Waals surface area (Å²) in [6.07, 6.45) is 3.20. The van der Waals surface area contributed by atoms with Crippen LogP contribution in [0.25, 0.3) is 0 Å². The standard InChI is InChI=1S/C28H32Cl2FN3O4/c1-3-38-28(37)22-6-4-5-21(25(22)31)27(36)34-15-11-19(12-16-34)33-13-9-18(10-14-33)32-26(35)20-7-8-23(29)17(2)24(20)30/h4-8,18-19H,3,9-16H2,1-2H3,(H,32,35). The van der Waals surface area contributed by atoms with Gasteiger partial charge >= 0.3 is 5.97 Å².